The van der Waals surface area contributed by atoms with E-state index in [1.54, 1.807) is 6.92 Å². The first kappa shape index (κ1) is 15.9. The van der Waals surface area contributed by atoms with Crippen molar-refractivity contribution in [1.29, 1.82) is 0 Å². The van der Waals surface area contributed by atoms with Gasteiger partial charge in [0.05, 0.1) is 0 Å². The van der Waals surface area contributed by atoms with Crippen molar-refractivity contribution in [3.8, 4) is 0 Å². The molecule has 0 heterocycles. The van der Waals surface area contributed by atoms with Crippen molar-refractivity contribution in [3.63, 3.8) is 0 Å². The standard InChI is InChI=1S/C14H20O.C2H6/c1-11(15)13(10-14(2,3)4)12-8-6-5-7-9-12;1-2/h5-9,13H,10H2,1-4H3;1-2H3. The maximum atomic E-state index is 11.6. The summed E-state index contributed by atoms with van der Waals surface area (Å²) in [5, 5.41) is 0. The average Bonchev–Trinajstić information content (AvgIpc) is 2.28. The predicted molar refractivity (Wildman–Crippen MR) is 75.3 cm³/mol. The third-order valence-corrected chi connectivity index (χ3v) is 2.51. The highest BCUT2D eigenvalue weighted by Gasteiger charge is 2.23. The molecular weight excluding hydrogens is 208 g/mol. The zero-order valence-electron chi connectivity index (χ0n) is 12.1. The van der Waals surface area contributed by atoms with Gasteiger partial charge in [-0.05, 0) is 24.3 Å². The van der Waals surface area contributed by atoms with Gasteiger partial charge in [-0.3, -0.25) is 4.79 Å². The van der Waals surface area contributed by atoms with Crippen molar-refractivity contribution in [2.24, 2.45) is 5.41 Å². The molecule has 1 aromatic carbocycles. The average molecular weight is 234 g/mol. The lowest BCUT2D eigenvalue weighted by atomic mass is 9.80. The van der Waals surface area contributed by atoms with Crippen molar-refractivity contribution in [1.82, 2.24) is 0 Å². The lowest BCUT2D eigenvalue weighted by Crippen LogP contribution is -2.17. The van der Waals surface area contributed by atoms with Gasteiger partial charge < -0.3 is 0 Å². The molecule has 0 aliphatic heterocycles. The first-order chi connectivity index (χ1) is 7.90. The van der Waals surface area contributed by atoms with Crippen LogP contribution in [0, 0.1) is 5.41 Å². The van der Waals surface area contributed by atoms with Gasteiger partial charge in [-0.2, -0.15) is 0 Å². The Morgan fingerprint density at radius 1 is 1.12 bits per heavy atom. The first-order valence-corrected chi connectivity index (χ1v) is 6.45. The Hall–Kier alpha value is -1.11. The van der Waals surface area contributed by atoms with Crippen LogP contribution in [0.1, 0.15) is 59.4 Å². The molecule has 17 heavy (non-hydrogen) atoms. The van der Waals surface area contributed by atoms with Crippen LogP contribution in [0.15, 0.2) is 30.3 Å². The molecule has 0 saturated carbocycles. The van der Waals surface area contributed by atoms with E-state index in [1.165, 1.54) is 0 Å². The van der Waals surface area contributed by atoms with Gasteiger partial charge in [0.1, 0.15) is 5.78 Å². The largest absolute Gasteiger partial charge is 0.299 e. The van der Waals surface area contributed by atoms with E-state index in [0.29, 0.717) is 0 Å². The summed E-state index contributed by atoms with van der Waals surface area (Å²) in [6.45, 7) is 12.2. The highest BCUT2D eigenvalue weighted by atomic mass is 16.1. The first-order valence-electron chi connectivity index (χ1n) is 6.45. The Bertz CT molecular complexity index is 319. The predicted octanol–water partition coefficient (Wildman–Crippen LogP) is 4.82. The molecule has 1 heteroatoms. The van der Waals surface area contributed by atoms with Gasteiger partial charge in [0.15, 0.2) is 0 Å². The second-order valence-corrected chi connectivity index (χ2v) is 5.34. The van der Waals surface area contributed by atoms with E-state index in [1.807, 2.05) is 44.2 Å². The van der Waals surface area contributed by atoms with Crippen LogP contribution in [-0.2, 0) is 4.79 Å². The quantitative estimate of drug-likeness (QED) is 0.732. The van der Waals surface area contributed by atoms with Crippen molar-refractivity contribution >= 4 is 5.78 Å². The second kappa shape index (κ2) is 7.26. The number of Topliss-reactive ketones (excluding diaryl/α,β-unsaturated/α-hetero) is 1. The van der Waals surface area contributed by atoms with Gasteiger partial charge in [0.2, 0.25) is 0 Å². The van der Waals surface area contributed by atoms with Crippen molar-refractivity contribution in [2.45, 2.75) is 53.9 Å². The van der Waals surface area contributed by atoms with E-state index in [2.05, 4.69) is 20.8 Å². The summed E-state index contributed by atoms with van der Waals surface area (Å²) in [6.07, 6.45) is 0.909. The summed E-state index contributed by atoms with van der Waals surface area (Å²) in [4.78, 5) is 11.6. The zero-order chi connectivity index (χ0) is 13.5. The molecule has 0 spiro atoms. The normalized spacial score (nSPS) is 12.4. The molecule has 0 N–H and O–H groups in total. The molecule has 0 aliphatic carbocycles. The molecular formula is C16H26O. The van der Waals surface area contributed by atoms with Crippen LogP contribution >= 0.6 is 0 Å². The molecule has 96 valence electrons. The van der Waals surface area contributed by atoms with E-state index < -0.39 is 0 Å². The summed E-state index contributed by atoms with van der Waals surface area (Å²) >= 11 is 0. The lowest BCUT2D eigenvalue weighted by molar-refractivity contribution is -0.119. The van der Waals surface area contributed by atoms with E-state index >= 15 is 0 Å². The molecule has 0 aliphatic rings. The molecule has 1 unspecified atom stereocenters. The molecule has 0 radical (unpaired) electrons. The molecule has 0 saturated heterocycles. The van der Waals surface area contributed by atoms with E-state index in [9.17, 15) is 4.79 Å². The lowest BCUT2D eigenvalue weighted by Gasteiger charge is -2.24. The van der Waals surface area contributed by atoms with Crippen LogP contribution < -0.4 is 0 Å². The van der Waals surface area contributed by atoms with Crippen LogP contribution in [0.4, 0.5) is 0 Å². The Labute approximate surface area is 106 Å². The number of rotatable bonds is 3. The Morgan fingerprint density at radius 2 is 1.59 bits per heavy atom. The topological polar surface area (TPSA) is 17.1 Å². The van der Waals surface area contributed by atoms with Gasteiger partial charge in [0, 0.05) is 5.92 Å². The Kier molecular flexibility index (Phi) is 6.79. The fraction of sp³-hybridized carbons (Fsp3) is 0.562. The van der Waals surface area contributed by atoms with Gasteiger partial charge in [0.25, 0.3) is 0 Å². The van der Waals surface area contributed by atoms with Crippen LogP contribution in [0.2, 0.25) is 0 Å². The van der Waals surface area contributed by atoms with Crippen molar-refractivity contribution in [2.75, 3.05) is 0 Å². The third kappa shape index (κ3) is 6.25. The van der Waals surface area contributed by atoms with Crippen LogP contribution in [0.3, 0.4) is 0 Å². The highest BCUT2D eigenvalue weighted by Crippen LogP contribution is 2.31. The summed E-state index contributed by atoms with van der Waals surface area (Å²) < 4.78 is 0. The summed E-state index contributed by atoms with van der Waals surface area (Å²) in [7, 11) is 0. The SMILES string of the molecule is CC.CC(=O)C(CC(C)(C)C)c1ccccc1. The summed E-state index contributed by atoms with van der Waals surface area (Å²) in [5.41, 5.74) is 1.33. The van der Waals surface area contributed by atoms with Gasteiger partial charge in [-0.15, -0.1) is 0 Å². The maximum absolute atomic E-state index is 11.6. The van der Waals surface area contributed by atoms with Gasteiger partial charge in [-0.25, -0.2) is 0 Å². The monoisotopic (exact) mass is 234 g/mol. The number of carbonyl (C=O) groups excluding carboxylic acids is 1. The molecule has 0 aromatic heterocycles. The number of benzene rings is 1. The molecule has 1 atom stereocenters. The third-order valence-electron chi connectivity index (χ3n) is 2.51. The summed E-state index contributed by atoms with van der Waals surface area (Å²) in [6, 6.07) is 10.1. The number of hydrogen-bond donors (Lipinski definition) is 0. The molecule has 0 amide bonds. The smallest absolute Gasteiger partial charge is 0.137 e. The van der Waals surface area contributed by atoms with Crippen molar-refractivity contribution in [3.05, 3.63) is 35.9 Å². The minimum atomic E-state index is 0.0474. The van der Waals surface area contributed by atoms with Crippen LogP contribution in [0.25, 0.3) is 0 Å². The number of ketones is 1. The minimum Gasteiger partial charge on any atom is -0.299 e. The highest BCUT2D eigenvalue weighted by molar-refractivity contribution is 5.83. The van der Waals surface area contributed by atoms with Crippen LogP contribution in [-0.4, -0.2) is 5.78 Å². The summed E-state index contributed by atoms with van der Waals surface area (Å²) in [5.74, 6) is 0.308. The molecule has 1 nitrogen and oxygen atoms in total. The molecule has 1 rings (SSSR count). The minimum absolute atomic E-state index is 0.0474. The van der Waals surface area contributed by atoms with Crippen LogP contribution in [0.5, 0.6) is 0 Å². The Balaban J connectivity index is 0.00000121. The molecule has 1 aromatic rings. The number of carbonyl (C=O) groups is 1. The zero-order valence-corrected chi connectivity index (χ0v) is 12.1. The fourth-order valence-electron chi connectivity index (χ4n) is 1.79. The second-order valence-electron chi connectivity index (χ2n) is 5.34. The Morgan fingerprint density at radius 3 is 1.94 bits per heavy atom. The van der Waals surface area contributed by atoms with Crippen molar-refractivity contribution < 1.29 is 4.79 Å². The van der Waals surface area contributed by atoms with Gasteiger partial charge >= 0.3 is 0 Å². The van der Waals surface area contributed by atoms with Gasteiger partial charge in [-0.1, -0.05) is 65.0 Å². The fourth-order valence-corrected chi connectivity index (χ4v) is 1.79. The maximum Gasteiger partial charge on any atom is 0.137 e. The molecule has 0 bridgehead atoms. The number of hydrogen-bond acceptors (Lipinski definition) is 1. The molecule has 0 fully saturated rings. The van der Waals surface area contributed by atoms with E-state index in [-0.39, 0.29) is 17.1 Å². The van der Waals surface area contributed by atoms with E-state index in [4.69, 9.17) is 0 Å². The van der Waals surface area contributed by atoms with E-state index in [0.717, 1.165) is 12.0 Å².